The molecule has 4 heteroatoms. The van der Waals surface area contributed by atoms with Crippen molar-refractivity contribution >= 4 is 26.7 Å². The number of fused-ring (bicyclic) bond motifs is 2. The van der Waals surface area contributed by atoms with Gasteiger partial charge in [-0.1, -0.05) is 23.5 Å². The van der Waals surface area contributed by atoms with Gasteiger partial charge in [0.05, 0.1) is 10.2 Å². The number of likely N-dealkylation sites (tertiary alicyclic amines) is 1. The number of hydrogen-bond donors (Lipinski definition) is 0. The molecule has 1 aromatic heterocycles. The van der Waals surface area contributed by atoms with Crippen molar-refractivity contribution in [1.82, 2.24) is 9.88 Å². The molecule has 1 aromatic carbocycles. The zero-order valence-corrected chi connectivity index (χ0v) is 11.4. The Morgan fingerprint density at radius 3 is 2.56 bits per heavy atom. The topological polar surface area (TPSA) is 19.4 Å². The van der Waals surface area contributed by atoms with Gasteiger partial charge in [-0.3, -0.25) is 0 Å². The average molecular weight is 259 g/mol. The Labute approximate surface area is 111 Å². The van der Waals surface area contributed by atoms with Crippen LogP contribution in [0.25, 0.3) is 10.2 Å². The molecule has 3 heterocycles. The van der Waals surface area contributed by atoms with Crippen LogP contribution in [0.3, 0.4) is 0 Å². The van der Waals surface area contributed by atoms with Crippen LogP contribution in [0.5, 0.6) is 0 Å². The lowest BCUT2D eigenvalue weighted by atomic mass is 10.0. The molecule has 0 spiro atoms. The van der Waals surface area contributed by atoms with E-state index in [4.69, 9.17) is 4.98 Å². The Bertz CT molecular complexity index is 532. The molecule has 3 nitrogen and oxygen atoms in total. The van der Waals surface area contributed by atoms with E-state index in [0.717, 1.165) is 17.4 Å². The van der Waals surface area contributed by atoms with Gasteiger partial charge in [-0.15, -0.1) is 0 Å². The van der Waals surface area contributed by atoms with Crippen molar-refractivity contribution in [3.63, 3.8) is 0 Å². The monoisotopic (exact) mass is 259 g/mol. The fourth-order valence-electron chi connectivity index (χ4n) is 3.38. The zero-order valence-electron chi connectivity index (χ0n) is 10.5. The van der Waals surface area contributed by atoms with Crippen LogP contribution in [-0.4, -0.2) is 43.1 Å². The van der Waals surface area contributed by atoms with Gasteiger partial charge < -0.3 is 9.80 Å². The summed E-state index contributed by atoms with van der Waals surface area (Å²) in [5.74, 6) is 1.70. The first kappa shape index (κ1) is 10.8. The SMILES string of the molecule is CN1C[C@@H]2CN(c3nc4ccccc4s3)C[C@H]2C1. The minimum atomic E-state index is 0.849. The summed E-state index contributed by atoms with van der Waals surface area (Å²) in [7, 11) is 2.24. The zero-order chi connectivity index (χ0) is 12.1. The lowest BCUT2D eigenvalue weighted by Gasteiger charge is -2.17. The summed E-state index contributed by atoms with van der Waals surface area (Å²) < 4.78 is 1.31. The number of aromatic nitrogens is 1. The van der Waals surface area contributed by atoms with Crippen LogP contribution < -0.4 is 4.90 Å². The Kier molecular flexibility index (Phi) is 2.35. The van der Waals surface area contributed by atoms with Gasteiger partial charge in [0.2, 0.25) is 0 Å². The highest BCUT2D eigenvalue weighted by molar-refractivity contribution is 7.22. The summed E-state index contributed by atoms with van der Waals surface area (Å²) in [6.07, 6.45) is 0. The molecule has 0 radical (unpaired) electrons. The van der Waals surface area contributed by atoms with Gasteiger partial charge >= 0.3 is 0 Å². The highest BCUT2D eigenvalue weighted by Gasteiger charge is 2.39. The Morgan fingerprint density at radius 1 is 1.11 bits per heavy atom. The molecule has 0 unspecified atom stereocenters. The van der Waals surface area contributed by atoms with Crippen molar-refractivity contribution in [2.45, 2.75) is 0 Å². The summed E-state index contributed by atoms with van der Waals surface area (Å²) in [6.45, 7) is 4.89. The van der Waals surface area contributed by atoms with Crippen molar-refractivity contribution in [3.8, 4) is 0 Å². The second kappa shape index (κ2) is 3.93. The lowest BCUT2D eigenvalue weighted by molar-refractivity contribution is 0.387. The van der Waals surface area contributed by atoms with Crippen LogP contribution in [0, 0.1) is 11.8 Å². The number of thiazole rings is 1. The normalized spacial score (nSPS) is 28.2. The quantitative estimate of drug-likeness (QED) is 0.783. The highest BCUT2D eigenvalue weighted by atomic mass is 32.1. The van der Waals surface area contributed by atoms with E-state index in [9.17, 15) is 0 Å². The fourth-order valence-corrected chi connectivity index (χ4v) is 4.36. The first-order chi connectivity index (χ1) is 8.79. The number of para-hydroxylation sites is 1. The molecule has 4 rings (SSSR count). The van der Waals surface area contributed by atoms with Gasteiger partial charge in [0.25, 0.3) is 0 Å². The van der Waals surface area contributed by atoms with E-state index in [1.807, 2.05) is 11.3 Å². The summed E-state index contributed by atoms with van der Waals surface area (Å²) >= 11 is 1.84. The first-order valence-corrected chi connectivity index (χ1v) is 7.40. The van der Waals surface area contributed by atoms with Crippen molar-refractivity contribution in [2.24, 2.45) is 11.8 Å². The van der Waals surface area contributed by atoms with Crippen LogP contribution >= 0.6 is 11.3 Å². The molecule has 0 aliphatic carbocycles. The molecule has 94 valence electrons. The highest BCUT2D eigenvalue weighted by Crippen LogP contribution is 2.36. The van der Waals surface area contributed by atoms with Crippen LogP contribution in [0.2, 0.25) is 0 Å². The van der Waals surface area contributed by atoms with Gasteiger partial charge in [-0.05, 0) is 31.0 Å². The molecule has 2 aliphatic heterocycles. The van der Waals surface area contributed by atoms with E-state index in [0.29, 0.717) is 0 Å². The molecular weight excluding hydrogens is 242 g/mol. The summed E-state index contributed by atoms with van der Waals surface area (Å²) in [6, 6.07) is 8.44. The van der Waals surface area contributed by atoms with Gasteiger partial charge in [0.1, 0.15) is 0 Å². The minimum Gasteiger partial charge on any atom is -0.347 e. The molecule has 2 saturated heterocycles. The van der Waals surface area contributed by atoms with E-state index in [1.54, 1.807) is 0 Å². The number of nitrogens with zero attached hydrogens (tertiary/aromatic N) is 3. The predicted molar refractivity (Wildman–Crippen MR) is 76.3 cm³/mol. The molecule has 0 N–H and O–H groups in total. The number of benzene rings is 1. The van der Waals surface area contributed by atoms with Gasteiger partial charge in [0, 0.05) is 26.2 Å². The Morgan fingerprint density at radius 2 is 1.83 bits per heavy atom. The third-order valence-corrected chi connectivity index (χ3v) is 5.32. The van der Waals surface area contributed by atoms with Crippen LogP contribution in [0.1, 0.15) is 0 Å². The number of rotatable bonds is 1. The minimum absolute atomic E-state index is 0.849. The smallest absolute Gasteiger partial charge is 0.186 e. The van der Waals surface area contributed by atoms with Gasteiger partial charge in [0.15, 0.2) is 5.13 Å². The number of hydrogen-bond acceptors (Lipinski definition) is 4. The van der Waals surface area contributed by atoms with Crippen molar-refractivity contribution in [1.29, 1.82) is 0 Å². The maximum Gasteiger partial charge on any atom is 0.186 e. The van der Waals surface area contributed by atoms with E-state index in [-0.39, 0.29) is 0 Å². The average Bonchev–Trinajstić information content (AvgIpc) is 2.98. The van der Waals surface area contributed by atoms with Crippen molar-refractivity contribution < 1.29 is 0 Å². The van der Waals surface area contributed by atoms with Crippen LogP contribution in [-0.2, 0) is 0 Å². The molecule has 0 amide bonds. The summed E-state index contributed by atoms with van der Waals surface area (Å²) in [5.41, 5.74) is 1.15. The largest absolute Gasteiger partial charge is 0.347 e. The molecule has 0 bridgehead atoms. The Balaban J connectivity index is 1.61. The fraction of sp³-hybridized carbons (Fsp3) is 0.500. The molecular formula is C14H17N3S. The van der Waals surface area contributed by atoms with Crippen molar-refractivity contribution in [2.75, 3.05) is 38.1 Å². The molecule has 2 aromatic rings. The maximum atomic E-state index is 4.77. The second-order valence-electron chi connectivity index (χ2n) is 5.61. The van der Waals surface area contributed by atoms with E-state index >= 15 is 0 Å². The maximum absolute atomic E-state index is 4.77. The molecule has 2 fully saturated rings. The second-order valence-corrected chi connectivity index (χ2v) is 6.62. The van der Waals surface area contributed by atoms with Gasteiger partial charge in [-0.25, -0.2) is 4.98 Å². The summed E-state index contributed by atoms with van der Waals surface area (Å²) in [4.78, 5) is 9.73. The third kappa shape index (κ3) is 1.63. The van der Waals surface area contributed by atoms with E-state index in [1.165, 1.54) is 36.0 Å². The summed E-state index contributed by atoms with van der Waals surface area (Å²) in [5, 5.41) is 1.22. The molecule has 18 heavy (non-hydrogen) atoms. The first-order valence-electron chi connectivity index (χ1n) is 6.58. The predicted octanol–water partition coefficient (Wildman–Crippen LogP) is 2.29. The standard InChI is InChI=1S/C14H17N3S/c1-16-6-10-8-17(9-11(10)7-16)14-15-12-4-2-3-5-13(12)18-14/h2-5,10-11H,6-9H2,1H3/t10-,11-/m1/s1. The van der Waals surface area contributed by atoms with E-state index in [2.05, 4.69) is 41.1 Å². The molecule has 2 atom stereocenters. The number of anilines is 1. The molecule has 2 aliphatic rings. The van der Waals surface area contributed by atoms with E-state index < -0.39 is 0 Å². The van der Waals surface area contributed by atoms with Crippen LogP contribution in [0.4, 0.5) is 5.13 Å². The van der Waals surface area contributed by atoms with Crippen LogP contribution in [0.15, 0.2) is 24.3 Å². The van der Waals surface area contributed by atoms with Gasteiger partial charge in [-0.2, -0.15) is 0 Å². The van der Waals surface area contributed by atoms with Crippen molar-refractivity contribution in [3.05, 3.63) is 24.3 Å². The Hall–Kier alpha value is -1.13. The third-order valence-electron chi connectivity index (χ3n) is 4.22. The molecule has 0 saturated carbocycles. The lowest BCUT2D eigenvalue weighted by Crippen LogP contribution is -2.26.